The number of nitrogens with zero attached hydrogens (tertiary/aromatic N) is 4. The molecule has 0 aliphatic carbocycles. The van der Waals surface area contributed by atoms with E-state index in [4.69, 9.17) is 23.2 Å². The fraction of sp³-hybridized carbons (Fsp3) is 0.0714. The van der Waals surface area contributed by atoms with Crippen LogP contribution in [0.3, 0.4) is 0 Å². The van der Waals surface area contributed by atoms with Crippen LogP contribution in [0.1, 0.15) is 5.56 Å². The van der Waals surface area contributed by atoms with E-state index in [2.05, 4.69) is 15.4 Å². The first-order valence-electron chi connectivity index (χ1n) is 6.00. The van der Waals surface area contributed by atoms with Crippen molar-refractivity contribution in [1.29, 1.82) is 0 Å². The van der Waals surface area contributed by atoms with Crippen LogP contribution >= 0.6 is 23.2 Å². The van der Waals surface area contributed by atoms with E-state index < -0.39 is 0 Å². The summed E-state index contributed by atoms with van der Waals surface area (Å²) < 4.78 is 0. The van der Waals surface area contributed by atoms with Crippen molar-refractivity contribution < 1.29 is 0 Å². The molecule has 1 aromatic heterocycles. The van der Waals surface area contributed by atoms with Gasteiger partial charge in [0.25, 0.3) is 0 Å². The molecule has 2 aromatic carbocycles. The van der Waals surface area contributed by atoms with Gasteiger partial charge < -0.3 is 0 Å². The summed E-state index contributed by atoms with van der Waals surface area (Å²) in [5.41, 5.74) is 1.78. The van der Waals surface area contributed by atoms with Gasteiger partial charge in [0.15, 0.2) is 0 Å². The van der Waals surface area contributed by atoms with Gasteiger partial charge in [0.05, 0.1) is 16.6 Å². The van der Waals surface area contributed by atoms with Crippen LogP contribution in [-0.4, -0.2) is 20.2 Å². The van der Waals surface area contributed by atoms with Crippen LogP contribution in [0.2, 0.25) is 10.0 Å². The summed E-state index contributed by atoms with van der Waals surface area (Å²) >= 11 is 12.1. The third-order valence-electron chi connectivity index (χ3n) is 2.81. The smallest absolute Gasteiger partial charge is 0.159 e. The SMILES string of the molecule is Clc1cccc(-c2nnn(Cc3ccccc3)n2)c1Cl. The number of halogens is 2. The molecule has 0 N–H and O–H groups in total. The lowest BCUT2D eigenvalue weighted by molar-refractivity contribution is 0.573. The molecule has 0 aliphatic rings. The van der Waals surface area contributed by atoms with Gasteiger partial charge in [-0.1, -0.05) is 59.6 Å². The van der Waals surface area contributed by atoms with Gasteiger partial charge >= 0.3 is 0 Å². The van der Waals surface area contributed by atoms with Crippen LogP contribution in [0.5, 0.6) is 0 Å². The third kappa shape index (κ3) is 2.66. The molecule has 0 fully saturated rings. The fourth-order valence-corrected chi connectivity index (χ4v) is 2.23. The van der Waals surface area contributed by atoms with Crippen molar-refractivity contribution in [3.63, 3.8) is 0 Å². The molecule has 4 nitrogen and oxygen atoms in total. The Morgan fingerprint density at radius 2 is 1.75 bits per heavy atom. The van der Waals surface area contributed by atoms with Gasteiger partial charge in [0.1, 0.15) is 0 Å². The second-order valence-electron chi connectivity index (χ2n) is 4.23. The van der Waals surface area contributed by atoms with E-state index in [1.54, 1.807) is 12.1 Å². The number of tetrazole rings is 1. The number of aromatic nitrogens is 4. The van der Waals surface area contributed by atoms with E-state index >= 15 is 0 Å². The second-order valence-corrected chi connectivity index (χ2v) is 5.02. The van der Waals surface area contributed by atoms with E-state index in [0.717, 1.165) is 5.56 Å². The van der Waals surface area contributed by atoms with E-state index in [1.807, 2.05) is 36.4 Å². The summed E-state index contributed by atoms with van der Waals surface area (Å²) in [6.45, 7) is 0.562. The first-order valence-corrected chi connectivity index (χ1v) is 6.76. The molecular formula is C14H10Cl2N4. The molecule has 1 heterocycles. The molecule has 100 valence electrons. The summed E-state index contributed by atoms with van der Waals surface area (Å²) in [5, 5.41) is 13.3. The standard InChI is InChI=1S/C14H10Cl2N4/c15-12-8-4-7-11(13(12)16)14-17-19-20(18-14)9-10-5-2-1-3-6-10/h1-8H,9H2. The summed E-state index contributed by atoms with van der Waals surface area (Å²) in [6.07, 6.45) is 0. The van der Waals surface area contributed by atoms with Gasteiger partial charge in [-0.3, -0.25) is 0 Å². The van der Waals surface area contributed by atoms with E-state index in [1.165, 1.54) is 4.80 Å². The molecule has 0 spiro atoms. The maximum Gasteiger partial charge on any atom is 0.206 e. The van der Waals surface area contributed by atoms with Crippen molar-refractivity contribution in [2.75, 3.05) is 0 Å². The highest BCUT2D eigenvalue weighted by Gasteiger charge is 2.12. The minimum atomic E-state index is 0.438. The van der Waals surface area contributed by atoms with Crippen molar-refractivity contribution in [2.45, 2.75) is 6.54 Å². The average Bonchev–Trinajstić information content (AvgIpc) is 2.91. The Hall–Kier alpha value is -1.91. The minimum absolute atomic E-state index is 0.438. The normalized spacial score (nSPS) is 10.7. The van der Waals surface area contributed by atoms with E-state index in [0.29, 0.717) is 28.0 Å². The Morgan fingerprint density at radius 1 is 0.950 bits per heavy atom. The van der Waals surface area contributed by atoms with Crippen molar-refractivity contribution in [2.24, 2.45) is 0 Å². The highest BCUT2D eigenvalue weighted by Crippen LogP contribution is 2.31. The number of rotatable bonds is 3. The predicted molar refractivity (Wildman–Crippen MR) is 78.8 cm³/mol. The van der Waals surface area contributed by atoms with Gasteiger partial charge in [-0.05, 0) is 22.9 Å². The Kier molecular flexibility index (Phi) is 3.67. The molecule has 0 atom stereocenters. The molecule has 3 aromatic rings. The second kappa shape index (κ2) is 5.61. The molecular weight excluding hydrogens is 295 g/mol. The lowest BCUT2D eigenvalue weighted by Crippen LogP contribution is -2.03. The van der Waals surface area contributed by atoms with Crippen LogP contribution in [0.25, 0.3) is 11.4 Å². The molecule has 20 heavy (non-hydrogen) atoms. The monoisotopic (exact) mass is 304 g/mol. The highest BCUT2D eigenvalue weighted by atomic mass is 35.5. The number of hydrogen-bond acceptors (Lipinski definition) is 3. The topological polar surface area (TPSA) is 43.6 Å². The van der Waals surface area contributed by atoms with Crippen LogP contribution in [0.4, 0.5) is 0 Å². The van der Waals surface area contributed by atoms with Crippen LogP contribution in [-0.2, 0) is 6.54 Å². The molecule has 0 bridgehead atoms. The molecule has 0 saturated carbocycles. The summed E-state index contributed by atoms with van der Waals surface area (Å²) in [5.74, 6) is 0.466. The van der Waals surface area contributed by atoms with Crippen molar-refractivity contribution >= 4 is 23.2 Å². The van der Waals surface area contributed by atoms with Gasteiger partial charge in [-0.15, -0.1) is 10.2 Å². The first-order chi connectivity index (χ1) is 9.74. The van der Waals surface area contributed by atoms with E-state index in [-0.39, 0.29) is 0 Å². The maximum absolute atomic E-state index is 6.15. The van der Waals surface area contributed by atoms with Crippen LogP contribution < -0.4 is 0 Å². The Balaban J connectivity index is 1.89. The molecule has 3 rings (SSSR count). The predicted octanol–water partition coefficient (Wildman–Crippen LogP) is 3.70. The number of benzene rings is 2. The summed E-state index contributed by atoms with van der Waals surface area (Å²) in [6, 6.07) is 15.3. The Labute approximate surface area is 126 Å². The Morgan fingerprint density at radius 3 is 2.55 bits per heavy atom. The molecule has 0 radical (unpaired) electrons. The quantitative estimate of drug-likeness (QED) is 0.741. The van der Waals surface area contributed by atoms with Gasteiger partial charge in [0, 0.05) is 5.56 Å². The van der Waals surface area contributed by atoms with Crippen LogP contribution in [0.15, 0.2) is 48.5 Å². The molecule has 0 amide bonds. The first kappa shape index (κ1) is 13.1. The molecule has 0 unspecified atom stereocenters. The molecule has 0 saturated heterocycles. The lowest BCUT2D eigenvalue weighted by atomic mass is 10.2. The van der Waals surface area contributed by atoms with Gasteiger partial charge in [-0.2, -0.15) is 4.80 Å². The fourth-order valence-electron chi connectivity index (χ4n) is 1.84. The van der Waals surface area contributed by atoms with Gasteiger partial charge in [0.2, 0.25) is 5.82 Å². The number of hydrogen-bond donors (Lipinski definition) is 0. The Bertz CT molecular complexity index is 725. The van der Waals surface area contributed by atoms with Crippen LogP contribution in [0, 0.1) is 0 Å². The third-order valence-corrected chi connectivity index (χ3v) is 3.63. The zero-order valence-electron chi connectivity index (χ0n) is 10.4. The summed E-state index contributed by atoms with van der Waals surface area (Å²) in [7, 11) is 0. The lowest BCUT2D eigenvalue weighted by Gasteiger charge is -2.00. The van der Waals surface area contributed by atoms with Crippen molar-refractivity contribution in [3.8, 4) is 11.4 Å². The molecule has 0 aliphatic heterocycles. The minimum Gasteiger partial charge on any atom is -0.159 e. The zero-order valence-corrected chi connectivity index (χ0v) is 11.9. The summed E-state index contributed by atoms with van der Waals surface area (Å²) in [4.78, 5) is 1.53. The largest absolute Gasteiger partial charge is 0.206 e. The van der Waals surface area contributed by atoms with Crippen molar-refractivity contribution in [3.05, 3.63) is 64.1 Å². The molecule has 6 heteroatoms. The average molecular weight is 305 g/mol. The highest BCUT2D eigenvalue weighted by molar-refractivity contribution is 6.43. The maximum atomic E-state index is 6.15. The van der Waals surface area contributed by atoms with Crippen molar-refractivity contribution in [1.82, 2.24) is 20.2 Å². The zero-order chi connectivity index (χ0) is 13.9. The van der Waals surface area contributed by atoms with E-state index in [9.17, 15) is 0 Å². The van der Waals surface area contributed by atoms with Gasteiger partial charge in [-0.25, -0.2) is 0 Å².